The number of nitrogens with zero attached hydrogens (tertiary/aromatic N) is 9. The molecule has 1 aliphatic carbocycles. The summed E-state index contributed by atoms with van der Waals surface area (Å²) in [6.07, 6.45) is 8.84. The fourth-order valence-corrected chi connectivity index (χ4v) is 9.52. The van der Waals surface area contributed by atoms with Gasteiger partial charge in [-0.3, -0.25) is 44.2 Å². The van der Waals surface area contributed by atoms with Gasteiger partial charge in [0.25, 0.3) is 11.8 Å². The first-order chi connectivity index (χ1) is 32.4. The second kappa shape index (κ2) is 20.3. The molecule has 2 fully saturated rings. The molecule has 1 saturated carbocycles. The van der Waals surface area contributed by atoms with Gasteiger partial charge in [0, 0.05) is 69.4 Å². The van der Waals surface area contributed by atoms with E-state index in [9.17, 15) is 24.0 Å². The van der Waals surface area contributed by atoms with E-state index >= 15 is 0 Å². The van der Waals surface area contributed by atoms with Crippen LogP contribution in [-0.4, -0.2) is 120 Å². The highest BCUT2D eigenvalue weighted by molar-refractivity contribution is 7.13. The van der Waals surface area contributed by atoms with Crippen molar-refractivity contribution in [2.75, 3.05) is 57.1 Å². The van der Waals surface area contributed by atoms with Crippen molar-refractivity contribution < 1.29 is 33.4 Å². The molecule has 0 radical (unpaired) electrons. The molecule has 2 aliphatic rings. The van der Waals surface area contributed by atoms with Gasteiger partial charge in [0.15, 0.2) is 0 Å². The summed E-state index contributed by atoms with van der Waals surface area (Å²) in [7, 11) is 1.50. The summed E-state index contributed by atoms with van der Waals surface area (Å²) in [5.41, 5.74) is 10.0. The van der Waals surface area contributed by atoms with Gasteiger partial charge in [-0.05, 0) is 76.8 Å². The number of aromatic nitrogens is 7. The Morgan fingerprint density at radius 1 is 0.866 bits per heavy atom. The van der Waals surface area contributed by atoms with Crippen molar-refractivity contribution in [1.29, 1.82) is 0 Å². The van der Waals surface area contributed by atoms with Crippen molar-refractivity contribution in [3.8, 4) is 11.5 Å². The maximum atomic E-state index is 13.9. The number of thiazole rings is 1. The maximum Gasteiger partial charge on any atom is 0.276 e. The predicted octanol–water partition coefficient (Wildman–Crippen LogP) is 5.63. The molecule has 67 heavy (non-hydrogen) atoms. The lowest BCUT2D eigenvalue weighted by Crippen LogP contribution is -2.51. The Bertz CT molecular complexity index is 2880. The van der Waals surface area contributed by atoms with Gasteiger partial charge in [-0.1, -0.05) is 25.5 Å². The van der Waals surface area contributed by atoms with Crippen LogP contribution < -0.4 is 25.8 Å². The van der Waals surface area contributed by atoms with Crippen LogP contribution in [0.15, 0.2) is 42.5 Å². The summed E-state index contributed by atoms with van der Waals surface area (Å²) in [5.74, 6) is 0.221. The number of hydrogen-bond acceptors (Lipinski definition) is 13. The number of carbonyl (C=O) groups excluding carboxylic acids is 5. The number of rotatable bonds is 19. The number of ether oxygens (including phenoxy) is 2. The summed E-state index contributed by atoms with van der Waals surface area (Å²) in [4.78, 5) is 83.8. The molecule has 4 N–H and O–H groups in total. The Morgan fingerprint density at radius 2 is 1.54 bits per heavy atom. The third-order valence-corrected chi connectivity index (χ3v) is 13.3. The van der Waals surface area contributed by atoms with E-state index in [2.05, 4.69) is 25.6 Å². The molecule has 6 aromatic rings. The molecule has 4 aromatic heterocycles. The van der Waals surface area contributed by atoms with Crippen LogP contribution in [0.2, 0.25) is 0 Å². The van der Waals surface area contributed by atoms with E-state index in [-0.39, 0.29) is 48.3 Å². The molecule has 4 amide bonds. The number of fused-ring (bicyclic) bond motifs is 2. The van der Waals surface area contributed by atoms with E-state index in [0.29, 0.717) is 106 Å². The average molecular weight is 933 g/mol. The van der Waals surface area contributed by atoms with Gasteiger partial charge in [-0.25, -0.2) is 15.0 Å². The van der Waals surface area contributed by atoms with Crippen LogP contribution in [0.5, 0.6) is 11.5 Å². The highest BCUT2D eigenvalue weighted by Gasteiger charge is 2.31. The lowest BCUT2D eigenvalue weighted by atomic mass is 9.84. The summed E-state index contributed by atoms with van der Waals surface area (Å²) >= 11 is 1.30. The minimum absolute atomic E-state index is 0.176. The maximum absolute atomic E-state index is 13.9. The number of nitrogens with one attached hydrogen (secondary N) is 2. The number of nitrogens with two attached hydrogens (primary N) is 1. The van der Waals surface area contributed by atoms with Gasteiger partial charge in [0.2, 0.25) is 23.7 Å². The molecular formula is C47H56N12O7S. The third-order valence-electron chi connectivity index (χ3n) is 12.3. The number of primary amides is 1. The predicted molar refractivity (Wildman–Crippen MR) is 254 cm³/mol. The molecule has 19 nitrogen and oxygen atoms in total. The standard InChI is InChI=1S/C47H56N12O7S/c1-6-33-41(67-29(4)49-33)44(63)53-47-50-34-23-30(27-60)24-37(65-5)39(34)57(47)15-8-9-16-58-40-35(51-46(58)52-43(62)36-22-28(3)54-59(36)7-2)25-32(42(48)61)26-38(40)66-21-11-14-55-17-19-56(20-18-55)45(64)31-12-10-13-31/h8-9,22-27,31H,6-7,10-21H2,1-5H3,(H2,48,61)(H,50,53,63)(H,51,52,62)/b9-8+. The highest BCUT2D eigenvalue weighted by Crippen LogP contribution is 2.34. The first-order valence-electron chi connectivity index (χ1n) is 22.7. The quantitative estimate of drug-likeness (QED) is 0.0510. The Kier molecular flexibility index (Phi) is 14.1. The molecule has 2 aromatic carbocycles. The fraction of sp³-hybridized carbons (Fsp3) is 0.426. The number of amides is 4. The number of benzene rings is 2. The third kappa shape index (κ3) is 9.95. The van der Waals surface area contributed by atoms with Crippen LogP contribution in [0.3, 0.4) is 0 Å². The zero-order valence-electron chi connectivity index (χ0n) is 38.5. The van der Waals surface area contributed by atoms with Crippen LogP contribution in [-0.2, 0) is 30.8 Å². The van der Waals surface area contributed by atoms with Crippen LogP contribution in [0.4, 0.5) is 11.9 Å². The monoisotopic (exact) mass is 932 g/mol. The molecule has 1 aliphatic heterocycles. The summed E-state index contributed by atoms with van der Waals surface area (Å²) in [5, 5.41) is 11.2. The largest absolute Gasteiger partial charge is 0.494 e. The van der Waals surface area contributed by atoms with Crippen LogP contribution in [0.1, 0.15) is 96.8 Å². The van der Waals surface area contributed by atoms with Crippen LogP contribution in [0, 0.1) is 19.8 Å². The second-order valence-corrected chi connectivity index (χ2v) is 17.9. The van der Waals surface area contributed by atoms with E-state index < -0.39 is 11.8 Å². The lowest BCUT2D eigenvalue weighted by Gasteiger charge is -2.38. The highest BCUT2D eigenvalue weighted by atomic mass is 32.1. The van der Waals surface area contributed by atoms with E-state index in [1.807, 2.05) is 44.7 Å². The second-order valence-electron chi connectivity index (χ2n) is 16.7. The van der Waals surface area contributed by atoms with Gasteiger partial charge < -0.3 is 29.2 Å². The lowest BCUT2D eigenvalue weighted by molar-refractivity contribution is -0.140. The van der Waals surface area contributed by atoms with Crippen molar-refractivity contribution in [2.45, 2.75) is 79.4 Å². The van der Waals surface area contributed by atoms with Crippen LogP contribution >= 0.6 is 11.3 Å². The van der Waals surface area contributed by atoms with Crippen molar-refractivity contribution in [3.63, 3.8) is 0 Å². The number of carbonyl (C=O) groups is 5. The van der Waals surface area contributed by atoms with E-state index in [4.69, 9.17) is 25.2 Å². The van der Waals surface area contributed by atoms with Crippen molar-refractivity contribution in [1.82, 2.24) is 43.7 Å². The molecule has 5 heterocycles. The number of methoxy groups -OCH3 is 1. The Balaban J connectivity index is 1.09. The Labute approximate surface area is 391 Å². The summed E-state index contributed by atoms with van der Waals surface area (Å²) < 4.78 is 17.4. The van der Waals surface area contributed by atoms with E-state index in [1.54, 1.807) is 44.1 Å². The van der Waals surface area contributed by atoms with Gasteiger partial charge in [-0.15, -0.1) is 11.3 Å². The normalized spacial score (nSPS) is 14.5. The number of anilines is 2. The number of aldehydes is 1. The molecule has 1 saturated heterocycles. The molecule has 0 bridgehead atoms. The zero-order valence-corrected chi connectivity index (χ0v) is 39.3. The molecule has 0 unspecified atom stereocenters. The number of hydrogen-bond donors (Lipinski definition) is 3. The van der Waals surface area contributed by atoms with Crippen molar-refractivity contribution in [3.05, 3.63) is 80.6 Å². The molecule has 0 atom stereocenters. The van der Waals surface area contributed by atoms with Gasteiger partial charge in [-0.2, -0.15) is 5.10 Å². The summed E-state index contributed by atoms with van der Waals surface area (Å²) in [6, 6.07) is 8.12. The number of piperazine rings is 1. The molecule has 8 rings (SSSR count). The minimum Gasteiger partial charge on any atom is -0.494 e. The van der Waals surface area contributed by atoms with Crippen molar-refractivity contribution in [2.24, 2.45) is 11.7 Å². The zero-order chi connectivity index (χ0) is 47.4. The van der Waals surface area contributed by atoms with E-state index in [0.717, 1.165) is 43.9 Å². The van der Waals surface area contributed by atoms with Gasteiger partial charge in [0.05, 0.1) is 41.1 Å². The van der Waals surface area contributed by atoms with Gasteiger partial charge in [0.1, 0.15) is 39.4 Å². The number of aryl methyl sites for hydroxylation is 4. The Morgan fingerprint density at radius 3 is 2.15 bits per heavy atom. The first kappa shape index (κ1) is 46.6. The molecule has 20 heteroatoms. The van der Waals surface area contributed by atoms with E-state index in [1.165, 1.54) is 18.4 Å². The smallest absolute Gasteiger partial charge is 0.276 e. The molecule has 0 spiro atoms. The fourth-order valence-electron chi connectivity index (χ4n) is 8.62. The van der Waals surface area contributed by atoms with Gasteiger partial charge >= 0.3 is 0 Å². The average Bonchev–Trinajstić information content (AvgIpc) is 4.07. The number of imidazole rings is 2. The summed E-state index contributed by atoms with van der Waals surface area (Å²) in [6.45, 7) is 12.4. The SMILES string of the molecule is CCc1nc(C)sc1C(=O)Nc1nc2cc(C=O)cc(OC)c2n1C/C=C/Cn1c(NC(=O)c2cc(C)nn2CC)nc2cc(C(N)=O)cc(OCCCN3CCN(C(=O)C4CCC4)CC3)c21. The van der Waals surface area contributed by atoms with Crippen LogP contribution in [0.25, 0.3) is 22.1 Å². The minimum atomic E-state index is -0.661. The first-order valence-corrected chi connectivity index (χ1v) is 23.5. The molecule has 352 valence electrons. The number of allylic oxidation sites excluding steroid dienone is 2. The van der Waals surface area contributed by atoms with Crippen molar-refractivity contribution >= 4 is 75.2 Å². The molecular weight excluding hydrogens is 877 g/mol. The topological polar surface area (TPSA) is 227 Å². The Hall–Kier alpha value is -6.93.